The molecule has 0 saturated carbocycles. The fourth-order valence-corrected chi connectivity index (χ4v) is 16.5. The van der Waals surface area contributed by atoms with E-state index < -0.39 is 0 Å². The average molecular weight is 1380 g/mol. The number of nitrogens with zero attached hydrogens (tertiary/aromatic N) is 4. The predicted octanol–water partition coefficient (Wildman–Crippen LogP) is 29.0. The number of para-hydroxylation sites is 2. The largest absolute Gasteiger partial charge is 0.309 e. The molecule has 4 heterocycles. The summed E-state index contributed by atoms with van der Waals surface area (Å²) < 4.78 is 9.89. The highest BCUT2D eigenvalue weighted by atomic mass is 16.1. The van der Waals surface area contributed by atoms with Crippen LogP contribution in [0.4, 0.5) is 0 Å². The van der Waals surface area contributed by atoms with Crippen LogP contribution in [0.1, 0.15) is 191 Å². The summed E-state index contributed by atoms with van der Waals surface area (Å²) >= 11 is 0. The van der Waals surface area contributed by atoms with E-state index in [9.17, 15) is 4.79 Å². The molecule has 532 valence electrons. The number of benzene rings is 12. The lowest BCUT2D eigenvalue weighted by molar-refractivity contribution is 0.103. The summed E-state index contributed by atoms with van der Waals surface area (Å²) in [6, 6.07) is 95.2. The first-order valence-corrected chi connectivity index (χ1v) is 38.5. The third kappa shape index (κ3) is 14.4. The highest BCUT2D eigenvalue weighted by Gasteiger charge is 2.23. The second kappa shape index (κ2) is 32.7. The quantitative estimate of drug-likeness (QED) is 0.0356. The van der Waals surface area contributed by atoms with Crippen molar-refractivity contribution in [1.82, 2.24) is 18.3 Å². The molecule has 0 spiro atoms. The molecule has 16 rings (SSSR count). The normalized spacial score (nSPS) is 11.6. The highest BCUT2D eigenvalue weighted by Crippen LogP contribution is 2.44. The van der Waals surface area contributed by atoms with Crippen LogP contribution >= 0.6 is 0 Å². The number of carbonyl (C=O) groups excluding carboxylic acids is 1. The Morgan fingerprint density at radius 3 is 0.781 bits per heavy atom. The lowest BCUT2D eigenvalue weighted by Gasteiger charge is -2.12. The van der Waals surface area contributed by atoms with Crippen LogP contribution in [0.2, 0.25) is 0 Å². The zero-order chi connectivity index (χ0) is 69.0. The van der Waals surface area contributed by atoms with Gasteiger partial charge in [-0.05, 0) is 205 Å². The first kappa shape index (κ1) is 72.8. The summed E-state index contributed by atoms with van der Waals surface area (Å²) in [7, 11) is 0. The summed E-state index contributed by atoms with van der Waals surface area (Å²) in [5.74, 6) is 0.00664. The Kier molecular flexibility index (Phi) is 22.7. The van der Waals surface area contributed by atoms with Crippen LogP contribution in [-0.4, -0.2) is 24.1 Å². The predicted molar refractivity (Wildman–Crippen MR) is 456 cm³/mol. The summed E-state index contributed by atoms with van der Waals surface area (Å²) in [6.07, 6.45) is 24.5. The maximum Gasteiger partial charge on any atom is 0.193 e. The number of aryl methyl sites for hydroxylation is 4. The van der Waals surface area contributed by atoms with E-state index in [0.717, 1.165) is 59.3 Å². The second-order valence-corrected chi connectivity index (χ2v) is 29.0. The number of fused-ring (bicyclic) bond motifs is 12. The maximum atomic E-state index is 14.6. The fourth-order valence-electron chi connectivity index (χ4n) is 16.5. The van der Waals surface area contributed by atoms with Crippen LogP contribution < -0.4 is 0 Å². The van der Waals surface area contributed by atoms with Gasteiger partial charge in [0.05, 0.1) is 44.1 Å². The number of carbonyl (C=O) groups is 1. The molecule has 0 atom stereocenters. The van der Waals surface area contributed by atoms with Gasteiger partial charge in [-0.3, -0.25) is 4.79 Å². The van der Waals surface area contributed by atoms with Gasteiger partial charge in [0.2, 0.25) is 0 Å². The summed E-state index contributed by atoms with van der Waals surface area (Å²) in [4.78, 5) is 14.6. The Bertz CT molecular complexity index is 5310. The van der Waals surface area contributed by atoms with E-state index >= 15 is 0 Å². The first-order valence-electron chi connectivity index (χ1n) is 38.5. The number of rotatable bonds is 28. The molecule has 16 aromatic rings. The van der Waals surface area contributed by atoms with Crippen LogP contribution in [0.3, 0.4) is 0 Å². The van der Waals surface area contributed by atoms with Crippen molar-refractivity contribution in [3.63, 3.8) is 0 Å². The molecule has 0 aliphatic heterocycles. The molecule has 0 saturated heterocycles. The summed E-state index contributed by atoms with van der Waals surface area (Å²) in [5.41, 5.74) is 25.5. The van der Waals surface area contributed by atoms with Crippen LogP contribution in [0.5, 0.6) is 0 Å². The van der Waals surface area contributed by atoms with E-state index in [-0.39, 0.29) is 28.1 Å². The SMILES string of the molecule is C.C.C.CCCCCCc1ccc(-n2c3ccccc3c3cc4c5cc(-c6ccc(C(=O)c7ccc(-c8ccc9c(c8)c8cc%10c%11ccccc%11n(-c%11ccc(CCCCCC)cc%11)c%10cc8n9-c8ccc(CCCCCC)cc8)cc7)cc6)ccc5n(-c5ccc(CCCCCC)cc5)c4cc32)cc1. The Morgan fingerprint density at radius 1 is 0.229 bits per heavy atom. The van der Waals surface area contributed by atoms with Crippen LogP contribution in [-0.2, 0) is 25.7 Å². The number of unbranched alkanes of at least 4 members (excludes halogenated alkanes) is 12. The molecule has 105 heavy (non-hydrogen) atoms. The lowest BCUT2D eigenvalue weighted by Crippen LogP contribution is -2.01. The average Bonchev–Trinajstić information content (AvgIpc) is 1.56. The number of hydrogen-bond acceptors (Lipinski definition) is 1. The molecule has 0 bridgehead atoms. The number of aromatic nitrogens is 4. The van der Waals surface area contributed by atoms with E-state index in [0.29, 0.717) is 11.1 Å². The van der Waals surface area contributed by atoms with Crippen LogP contribution in [0.15, 0.2) is 255 Å². The molecule has 0 fully saturated rings. The van der Waals surface area contributed by atoms with E-state index in [4.69, 9.17) is 0 Å². The van der Waals surface area contributed by atoms with Crippen molar-refractivity contribution < 1.29 is 4.79 Å². The van der Waals surface area contributed by atoms with Gasteiger partial charge in [-0.1, -0.05) is 273 Å². The Hall–Kier alpha value is -10.5. The molecule has 0 radical (unpaired) electrons. The van der Waals surface area contributed by atoms with Gasteiger partial charge < -0.3 is 18.3 Å². The minimum Gasteiger partial charge on any atom is -0.309 e. The smallest absolute Gasteiger partial charge is 0.193 e. The fraction of sp³-hybridized carbons (Fsp3) is 0.270. The number of ketones is 1. The Labute approximate surface area is 623 Å². The van der Waals surface area contributed by atoms with Crippen molar-refractivity contribution in [2.24, 2.45) is 0 Å². The highest BCUT2D eigenvalue weighted by molar-refractivity contribution is 6.21. The van der Waals surface area contributed by atoms with Gasteiger partial charge in [-0.15, -0.1) is 0 Å². The molecule has 0 amide bonds. The van der Waals surface area contributed by atoms with E-state index in [1.807, 2.05) is 24.3 Å². The molecule has 5 nitrogen and oxygen atoms in total. The van der Waals surface area contributed by atoms with Crippen molar-refractivity contribution in [3.8, 4) is 45.0 Å². The second-order valence-electron chi connectivity index (χ2n) is 29.0. The van der Waals surface area contributed by atoms with Crippen molar-refractivity contribution >= 4 is 93.0 Å². The van der Waals surface area contributed by atoms with Gasteiger partial charge in [0.25, 0.3) is 0 Å². The molecule has 4 aromatic heterocycles. The van der Waals surface area contributed by atoms with Crippen molar-refractivity contribution in [2.45, 2.75) is 178 Å². The molecule has 0 aliphatic carbocycles. The molecule has 0 N–H and O–H groups in total. The van der Waals surface area contributed by atoms with Gasteiger partial charge >= 0.3 is 0 Å². The van der Waals surface area contributed by atoms with E-state index in [1.165, 1.54) is 224 Å². The Morgan fingerprint density at radius 2 is 0.486 bits per heavy atom. The van der Waals surface area contributed by atoms with Crippen molar-refractivity contribution in [2.75, 3.05) is 0 Å². The molecule has 0 unspecified atom stereocenters. The summed E-state index contributed by atoms with van der Waals surface area (Å²) in [6.45, 7) is 9.12. The third-order valence-electron chi connectivity index (χ3n) is 22.1. The third-order valence-corrected chi connectivity index (χ3v) is 22.1. The van der Waals surface area contributed by atoms with Crippen molar-refractivity contribution in [1.29, 1.82) is 0 Å². The first-order chi connectivity index (χ1) is 50.3. The molecular weight excluding hydrogens is 1270 g/mol. The molecule has 12 aromatic carbocycles. The minimum absolute atomic E-state index is 0. The molecular formula is C100H106N4O. The molecule has 5 heteroatoms. The van der Waals surface area contributed by atoms with Gasteiger partial charge in [0.15, 0.2) is 5.78 Å². The van der Waals surface area contributed by atoms with Crippen molar-refractivity contribution in [3.05, 3.63) is 288 Å². The van der Waals surface area contributed by atoms with E-state index in [1.54, 1.807) is 0 Å². The van der Waals surface area contributed by atoms with Crippen LogP contribution in [0, 0.1) is 0 Å². The van der Waals surface area contributed by atoms with Gasteiger partial charge in [0, 0.05) is 77.0 Å². The Balaban J connectivity index is 0.00000326. The zero-order valence-corrected chi connectivity index (χ0v) is 60.1. The molecule has 0 aliphatic rings. The van der Waals surface area contributed by atoms with Crippen LogP contribution in [0.25, 0.3) is 132 Å². The van der Waals surface area contributed by atoms with Gasteiger partial charge in [0.1, 0.15) is 0 Å². The maximum absolute atomic E-state index is 14.6. The van der Waals surface area contributed by atoms with E-state index in [2.05, 4.69) is 276 Å². The summed E-state index contributed by atoms with van der Waals surface area (Å²) in [5, 5.41) is 9.81. The zero-order valence-electron chi connectivity index (χ0n) is 60.1. The number of hydrogen-bond donors (Lipinski definition) is 0. The topological polar surface area (TPSA) is 36.8 Å². The van der Waals surface area contributed by atoms with Gasteiger partial charge in [-0.25, -0.2) is 0 Å². The minimum atomic E-state index is 0. The standard InChI is InChI=1S/C97H94N4O.3CH4/c1-5-9-13-17-25-67-33-51-77(52-34-67)98-89-31-23-21-29-81(89)85-63-87-83-61-75(49-59-91(83)100(95(87)65-93(85)98)79-55-37-69(38-56-79)27-19-15-11-7-3)71-41-45-73(46-42-71)97(102)74-47-43-72(44-48-74)76-50-60-92-84(62-76)88-64-86-82-30-22-24-32-90(82)99(78-53-35-68(36-54-78)26-18-14-10-6-2)94(86)66-96(88)101(92)80-57-39-70(40-58-80)28-20-16-12-8-4;;;/h21-24,29-66H,5-20,25-28H2,1-4H3;3*1H4. The van der Waals surface area contributed by atoms with Gasteiger partial charge in [-0.2, -0.15) is 0 Å². The lowest BCUT2D eigenvalue weighted by atomic mass is 9.96. The monoisotopic (exact) mass is 1380 g/mol.